The van der Waals surface area contributed by atoms with Gasteiger partial charge in [0.1, 0.15) is 0 Å². The Hall–Kier alpha value is -1.91. The van der Waals surface area contributed by atoms with Gasteiger partial charge in [-0.15, -0.1) is 0 Å². The summed E-state index contributed by atoms with van der Waals surface area (Å²) in [5.74, 6) is 0. The maximum Gasteiger partial charge on any atom is 0.264 e. The number of fused-ring (bicyclic) bond motifs is 1. The average Bonchev–Trinajstić information content (AvgIpc) is 3.03. The molecule has 1 aliphatic rings. The van der Waals surface area contributed by atoms with Crippen molar-refractivity contribution in [3.05, 3.63) is 35.7 Å². The van der Waals surface area contributed by atoms with Crippen LogP contribution in [0, 0.1) is 0 Å². The van der Waals surface area contributed by atoms with Crippen molar-refractivity contribution in [1.82, 2.24) is 9.78 Å². The minimum atomic E-state index is -2.49. The van der Waals surface area contributed by atoms with E-state index in [1.165, 1.54) is 0 Å². The molecule has 5 heteroatoms. The molecule has 0 N–H and O–H groups in total. The second-order valence-corrected chi connectivity index (χ2v) is 6.35. The number of hydrogen-bond acceptors (Lipinski definition) is 2. The Balaban J connectivity index is 2.12. The van der Waals surface area contributed by atoms with E-state index < -0.39 is 6.43 Å². The number of halogens is 2. The number of aromatic nitrogens is 2. The summed E-state index contributed by atoms with van der Waals surface area (Å²) in [7, 11) is 0. The van der Waals surface area contributed by atoms with E-state index in [0.29, 0.717) is 5.56 Å². The van der Waals surface area contributed by atoms with E-state index in [-0.39, 0.29) is 11.6 Å². The highest BCUT2D eigenvalue weighted by atomic mass is 19.3. The van der Waals surface area contributed by atoms with Gasteiger partial charge in [0.2, 0.25) is 0 Å². The van der Waals surface area contributed by atoms with Crippen LogP contribution < -0.4 is 4.90 Å². The fourth-order valence-corrected chi connectivity index (χ4v) is 3.24. The summed E-state index contributed by atoms with van der Waals surface area (Å²) in [6.07, 6.45) is 3.07. The van der Waals surface area contributed by atoms with Crippen molar-refractivity contribution in [2.45, 2.75) is 46.1 Å². The van der Waals surface area contributed by atoms with Crippen LogP contribution in [0.3, 0.4) is 0 Å². The molecule has 0 saturated heterocycles. The van der Waals surface area contributed by atoms with E-state index in [1.807, 2.05) is 30.8 Å². The highest BCUT2D eigenvalue weighted by molar-refractivity contribution is 5.73. The molecule has 0 amide bonds. The number of aryl methyl sites for hydroxylation is 1. The Morgan fingerprint density at radius 1 is 1.26 bits per heavy atom. The Bertz CT molecular complexity index is 692. The zero-order valence-electron chi connectivity index (χ0n) is 13.9. The summed E-state index contributed by atoms with van der Waals surface area (Å²) in [6, 6.07) is 3.84. The summed E-state index contributed by atoms with van der Waals surface area (Å²) >= 11 is 0. The van der Waals surface area contributed by atoms with Gasteiger partial charge < -0.3 is 4.90 Å². The molecule has 23 heavy (non-hydrogen) atoms. The monoisotopic (exact) mass is 319 g/mol. The highest BCUT2D eigenvalue weighted by Gasteiger charge is 2.23. The smallest absolute Gasteiger partial charge is 0.264 e. The predicted octanol–water partition coefficient (Wildman–Crippen LogP) is 4.84. The van der Waals surface area contributed by atoms with Crippen LogP contribution in [0.15, 0.2) is 24.5 Å². The molecule has 3 rings (SSSR count). The number of benzene rings is 1. The lowest BCUT2D eigenvalue weighted by Crippen LogP contribution is -2.29. The fraction of sp³-hybridized carbons (Fsp3) is 0.500. The maximum absolute atomic E-state index is 13.6. The molecule has 0 unspecified atom stereocenters. The summed E-state index contributed by atoms with van der Waals surface area (Å²) in [5.41, 5.74) is 3.62. The van der Waals surface area contributed by atoms with Gasteiger partial charge in [-0.3, -0.25) is 4.68 Å². The average molecular weight is 319 g/mol. The number of rotatable bonds is 4. The van der Waals surface area contributed by atoms with E-state index in [0.717, 1.165) is 42.7 Å². The van der Waals surface area contributed by atoms with Gasteiger partial charge in [0.25, 0.3) is 6.43 Å². The zero-order chi connectivity index (χ0) is 16.6. The van der Waals surface area contributed by atoms with Crippen LogP contribution in [0.2, 0.25) is 0 Å². The Kier molecular flexibility index (Phi) is 4.37. The van der Waals surface area contributed by atoms with E-state index in [9.17, 15) is 8.78 Å². The number of hydrogen-bond donors (Lipinski definition) is 0. The molecule has 124 valence electrons. The first kappa shape index (κ1) is 16.0. The molecule has 0 spiro atoms. The zero-order valence-corrected chi connectivity index (χ0v) is 13.9. The third-order valence-electron chi connectivity index (χ3n) is 4.52. The van der Waals surface area contributed by atoms with Gasteiger partial charge in [-0.05, 0) is 56.9 Å². The van der Waals surface area contributed by atoms with E-state index in [2.05, 4.69) is 16.9 Å². The third kappa shape index (κ3) is 2.96. The lowest BCUT2D eigenvalue weighted by molar-refractivity contribution is 0.152. The van der Waals surface area contributed by atoms with Crippen LogP contribution in [0.1, 0.15) is 50.8 Å². The van der Waals surface area contributed by atoms with Crippen molar-refractivity contribution in [3.63, 3.8) is 0 Å². The van der Waals surface area contributed by atoms with Crippen molar-refractivity contribution >= 4 is 5.69 Å². The van der Waals surface area contributed by atoms with Crippen LogP contribution in [0.5, 0.6) is 0 Å². The van der Waals surface area contributed by atoms with Gasteiger partial charge in [-0.25, -0.2) is 8.78 Å². The summed E-state index contributed by atoms with van der Waals surface area (Å²) in [4.78, 5) is 2.19. The molecule has 0 bridgehead atoms. The standard InChI is InChI=1S/C18H23F2N3/c1-4-22-7-5-6-13-8-15(16(18(19)20)9-17(13)22)14-10-21-23(11-14)12(2)3/h8-12,18H,4-7H2,1-3H3. The van der Waals surface area contributed by atoms with Gasteiger partial charge in [-0.1, -0.05) is 0 Å². The largest absolute Gasteiger partial charge is 0.372 e. The fourth-order valence-electron chi connectivity index (χ4n) is 3.24. The maximum atomic E-state index is 13.6. The van der Waals surface area contributed by atoms with Crippen molar-refractivity contribution < 1.29 is 8.78 Å². The predicted molar refractivity (Wildman–Crippen MR) is 89.2 cm³/mol. The van der Waals surface area contributed by atoms with Crippen LogP contribution >= 0.6 is 0 Å². The van der Waals surface area contributed by atoms with E-state index >= 15 is 0 Å². The third-order valence-corrected chi connectivity index (χ3v) is 4.52. The van der Waals surface area contributed by atoms with Gasteiger partial charge in [0.15, 0.2) is 0 Å². The summed E-state index contributed by atoms with van der Waals surface area (Å²) in [6.45, 7) is 7.91. The number of anilines is 1. The molecule has 2 heterocycles. The number of alkyl halides is 2. The normalized spacial score (nSPS) is 14.7. The summed E-state index contributed by atoms with van der Waals surface area (Å²) < 4.78 is 29.1. The van der Waals surface area contributed by atoms with Crippen LogP contribution in [-0.4, -0.2) is 22.9 Å². The highest BCUT2D eigenvalue weighted by Crippen LogP contribution is 2.38. The molecule has 0 atom stereocenters. The van der Waals surface area contributed by atoms with Crippen molar-refractivity contribution in [3.8, 4) is 11.1 Å². The molecule has 0 radical (unpaired) electrons. The molecule has 1 aliphatic heterocycles. The Labute approximate surface area is 135 Å². The molecule has 0 fully saturated rings. The van der Waals surface area contributed by atoms with Crippen LogP contribution in [0.4, 0.5) is 14.5 Å². The molecule has 1 aromatic heterocycles. The molecule has 1 aromatic carbocycles. The lowest BCUT2D eigenvalue weighted by Gasteiger charge is -2.31. The lowest BCUT2D eigenvalue weighted by atomic mass is 9.93. The van der Waals surface area contributed by atoms with Gasteiger partial charge in [0.05, 0.1) is 6.20 Å². The van der Waals surface area contributed by atoms with E-state index in [1.54, 1.807) is 12.3 Å². The number of nitrogens with zero attached hydrogens (tertiary/aromatic N) is 3. The minimum absolute atomic E-state index is 0.104. The van der Waals surface area contributed by atoms with Crippen molar-refractivity contribution in [2.24, 2.45) is 0 Å². The quantitative estimate of drug-likeness (QED) is 0.804. The first-order valence-electron chi connectivity index (χ1n) is 8.25. The summed E-state index contributed by atoms with van der Waals surface area (Å²) in [5, 5.41) is 4.30. The topological polar surface area (TPSA) is 21.1 Å². The van der Waals surface area contributed by atoms with Crippen LogP contribution in [0.25, 0.3) is 11.1 Å². The molecule has 0 aliphatic carbocycles. The Morgan fingerprint density at radius 2 is 2.04 bits per heavy atom. The molecular formula is C18H23F2N3. The molecule has 0 saturated carbocycles. The van der Waals surface area contributed by atoms with Crippen molar-refractivity contribution in [1.29, 1.82) is 0 Å². The van der Waals surface area contributed by atoms with Crippen molar-refractivity contribution in [2.75, 3.05) is 18.0 Å². The second-order valence-electron chi connectivity index (χ2n) is 6.35. The van der Waals surface area contributed by atoms with Gasteiger partial charge in [-0.2, -0.15) is 5.10 Å². The van der Waals surface area contributed by atoms with Gasteiger partial charge >= 0.3 is 0 Å². The first-order valence-corrected chi connectivity index (χ1v) is 8.25. The Morgan fingerprint density at radius 3 is 2.65 bits per heavy atom. The molecule has 2 aromatic rings. The molecular weight excluding hydrogens is 296 g/mol. The van der Waals surface area contributed by atoms with Gasteiger partial charge in [0, 0.05) is 42.1 Å². The SMILES string of the molecule is CCN1CCCc2cc(-c3cnn(C(C)C)c3)c(C(F)F)cc21. The second kappa shape index (κ2) is 6.30. The van der Waals surface area contributed by atoms with E-state index in [4.69, 9.17) is 0 Å². The minimum Gasteiger partial charge on any atom is -0.372 e. The molecule has 3 nitrogen and oxygen atoms in total. The first-order chi connectivity index (χ1) is 11.0. The van der Waals surface area contributed by atoms with Crippen LogP contribution in [-0.2, 0) is 6.42 Å².